The maximum atomic E-state index is 12.6. The van der Waals surface area contributed by atoms with Crippen molar-refractivity contribution < 1.29 is 23.0 Å². The SMILES string of the molecule is CN(C)S(=O)(=O)Nc1cc(C(O)CNCCOc2ccc3c(c2)[nH]c2ccccc23)ccc1OCc1ccccc1.Cl. The Kier molecular flexibility index (Phi) is 10.3. The molecule has 0 radical (unpaired) electrons. The number of para-hydroxylation sites is 1. The van der Waals surface area contributed by atoms with Gasteiger partial charge in [0, 0.05) is 49.5 Å². The predicted molar refractivity (Wildman–Crippen MR) is 170 cm³/mol. The predicted octanol–water partition coefficient (Wildman–Crippen LogP) is 5.24. The van der Waals surface area contributed by atoms with Crippen LogP contribution in [-0.4, -0.2) is 56.6 Å². The van der Waals surface area contributed by atoms with Gasteiger partial charge < -0.3 is 24.9 Å². The molecular weight excluding hydrogens is 576 g/mol. The lowest BCUT2D eigenvalue weighted by Crippen LogP contribution is -2.29. The number of nitrogens with one attached hydrogen (secondary N) is 3. The number of benzene rings is 4. The Labute approximate surface area is 252 Å². The second kappa shape index (κ2) is 13.9. The standard InChI is InChI=1S/C31H34N4O5S.ClH/c1-35(2)41(37,38)34-29-18-23(12-15-31(29)40-21-22-8-4-3-5-9-22)30(36)20-32-16-17-39-24-13-14-26-25-10-6-7-11-27(25)33-28(26)19-24;/h3-15,18-19,30,32-34,36H,16-17,20-21H2,1-2H3;1H. The molecule has 0 aliphatic carbocycles. The number of hydrogen-bond donors (Lipinski definition) is 4. The fourth-order valence-corrected chi connectivity index (χ4v) is 5.07. The van der Waals surface area contributed by atoms with E-state index in [0.717, 1.165) is 32.0 Å². The molecule has 42 heavy (non-hydrogen) atoms. The lowest BCUT2D eigenvalue weighted by molar-refractivity contribution is 0.172. The molecule has 222 valence electrons. The van der Waals surface area contributed by atoms with Crippen LogP contribution in [0.5, 0.6) is 11.5 Å². The molecule has 4 N–H and O–H groups in total. The van der Waals surface area contributed by atoms with Crippen LogP contribution in [0.15, 0.2) is 91.0 Å². The maximum Gasteiger partial charge on any atom is 0.301 e. The van der Waals surface area contributed by atoms with E-state index in [9.17, 15) is 13.5 Å². The summed E-state index contributed by atoms with van der Waals surface area (Å²) in [4.78, 5) is 3.41. The molecule has 0 spiro atoms. The smallest absolute Gasteiger partial charge is 0.301 e. The first-order chi connectivity index (χ1) is 19.8. The zero-order valence-corrected chi connectivity index (χ0v) is 25.0. The third-order valence-electron chi connectivity index (χ3n) is 6.71. The molecular formula is C31H35ClN4O5S. The summed E-state index contributed by atoms with van der Waals surface area (Å²) < 4.78 is 40.6. The van der Waals surface area contributed by atoms with Gasteiger partial charge in [-0.1, -0.05) is 54.6 Å². The number of anilines is 1. The summed E-state index contributed by atoms with van der Waals surface area (Å²) >= 11 is 0. The molecule has 0 saturated heterocycles. The van der Waals surface area contributed by atoms with Crippen LogP contribution >= 0.6 is 12.4 Å². The highest BCUT2D eigenvalue weighted by Crippen LogP contribution is 2.31. The Hall–Kier alpha value is -3.80. The van der Waals surface area contributed by atoms with Crippen LogP contribution in [0.1, 0.15) is 17.2 Å². The van der Waals surface area contributed by atoms with Crippen molar-refractivity contribution >= 4 is 50.1 Å². The van der Waals surface area contributed by atoms with E-state index in [1.54, 1.807) is 18.2 Å². The van der Waals surface area contributed by atoms with E-state index in [-0.39, 0.29) is 31.2 Å². The number of aliphatic hydroxyl groups is 1. The minimum absolute atomic E-state index is 0. The second-order valence-corrected chi connectivity index (χ2v) is 11.8. The van der Waals surface area contributed by atoms with Crippen molar-refractivity contribution in [3.63, 3.8) is 0 Å². The van der Waals surface area contributed by atoms with Gasteiger partial charge in [-0.25, -0.2) is 0 Å². The topological polar surface area (TPSA) is 116 Å². The minimum Gasteiger partial charge on any atom is -0.492 e. The molecule has 1 heterocycles. The quantitative estimate of drug-likeness (QED) is 0.136. The molecule has 1 atom stereocenters. The van der Waals surface area contributed by atoms with E-state index in [2.05, 4.69) is 33.2 Å². The highest BCUT2D eigenvalue weighted by Gasteiger charge is 2.18. The highest BCUT2D eigenvalue weighted by atomic mass is 35.5. The Morgan fingerprint density at radius 3 is 2.40 bits per heavy atom. The molecule has 0 fully saturated rings. The lowest BCUT2D eigenvalue weighted by atomic mass is 10.1. The number of H-pyrrole nitrogens is 1. The number of hydrogen-bond acceptors (Lipinski definition) is 6. The molecule has 0 saturated carbocycles. The summed E-state index contributed by atoms with van der Waals surface area (Å²) in [5, 5.41) is 16.3. The Morgan fingerprint density at radius 1 is 0.881 bits per heavy atom. The lowest BCUT2D eigenvalue weighted by Gasteiger charge is -2.19. The van der Waals surface area contributed by atoms with Crippen molar-refractivity contribution in [2.75, 3.05) is 38.5 Å². The van der Waals surface area contributed by atoms with Crippen molar-refractivity contribution in [3.05, 3.63) is 102 Å². The molecule has 1 unspecified atom stereocenters. The van der Waals surface area contributed by atoms with Gasteiger partial charge in [0.15, 0.2) is 0 Å². The van der Waals surface area contributed by atoms with Gasteiger partial charge in [0.2, 0.25) is 0 Å². The number of rotatable bonds is 13. The minimum atomic E-state index is -3.78. The van der Waals surface area contributed by atoms with Crippen LogP contribution in [0.4, 0.5) is 5.69 Å². The Balaban J connectivity index is 0.00000405. The molecule has 0 aliphatic heterocycles. The van der Waals surface area contributed by atoms with Crippen LogP contribution in [0.3, 0.4) is 0 Å². The largest absolute Gasteiger partial charge is 0.492 e. The first-order valence-electron chi connectivity index (χ1n) is 13.3. The monoisotopic (exact) mass is 610 g/mol. The maximum absolute atomic E-state index is 12.6. The average Bonchev–Trinajstić information content (AvgIpc) is 3.34. The molecule has 0 aliphatic rings. The fourth-order valence-electron chi connectivity index (χ4n) is 4.45. The van der Waals surface area contributed by atoms with Crippen molar-refractivity contribution in [1.82, 2.24) is 14.6 Å². The molecule has 5 aromatic rings. The highest BCUT2D eigenvalue weighted by molar-refractivity contribution is 7.90. The fraction of sp³-hybridized carbons (Fsp3) is 0.226. The van der Waals surface area contributed by atoms with Gasteiger partial charge in [-0.2, -0.15) is 12.7 Å². The van der Waals surface area contributed by atoms with Gasteiger partial charge in [-0.3, -0.25) is 4.72 Å². The number of fused-ring (bicyclic) bond motifs is 3. The number of aromatic amines is 1. The summed E-state index contributed by atoms with van der Waals surface area (Å²) in [6.45, 7) is 1.46. The number of halogens is 1. The third kappa shape index (κ3) is 7.53. The molecule has 9 nitrogen and oxygen atoms in total. The number of aliphatic hydroxyl groups excluding tert-OH is 1. The number of ether oxygens (including phenoxy) is 2. The molecule has 0 amide bonds. The molecule has 1 aromatic heterocycles. The normalized spacial score (nSPS) is 12.3. The van der Waals surface area contributed by atoms with Crippen LogP contribution in [0.25, 0.3) is 21.8 Å². The van der Waals surface area contributed by atoms with Crippen LogP contribution in [0, 0.1) is 0 Å². The van der Waals surface area contributed by atoms with Crippen molar-refractivity contribution in [3.8, 4) is 11.5 Å². The summed E-state index contributed by atoms with van der Waals surface area (Å²) in [6, 6.07) is 28.8. The summed E-state index contributed by atoms with van der Waals surface area (Å²) in [6.07, 6.45) is -0.872. The summed E-state index contributed by atoms with van der Waals surface area (Å²) in [5.74, 6) is 1.12. The first-order valence-corrected chi connectivity index (χ1v) is 14.8. The van der Waals surface area contributed by atoms with Crippen LogP contribution < -0.4 is 19.5 Å². The molecule has 4 aromatic carbocycles. The van der Waals surface area contributed by atoms with Gasteiger partial charge >= 0.3 is 10.2 Å². The van der Waals surface area contributed by atoms with Crippen LogP contribution in [0.2, 0.25) is 0 Å². The van der Waals surface area contributed by atoms with E-state index < -0.39 is 16.3 Å². The van der Waals surface area contributed by atoms with Gasteiger partial charge in [0.1, 0.15) is 24.7 Å². The zero-order valence-electron chi connectivity index (χ0n) is 23.4. The first kappa shape index (κ1) is 31.1. The molecule has 5 rings (SSSR count). The van der Waals surface area contributed by atoms with Gasteiger partial charge in [0.25, 0.3) is 0 Å². The Morgan fingerprint density at radius 2 is 1.62 bits per heavy atom. The molecule has 11 heteroatoms. The number of nitrogens with zero attached hydrogens (tertiary/aromatic N) is 1. The average molecular weight is 611 g/mol. The van der Waals surface area contributed by atoms with Crippen LogP contribution in [-0.2, 0) is 16.8 Å². The number of aromatic nitrogens is 1. The Bertz CT molecular complexity index is 1730. The van der Waals surface area contributed by atoms with Gasteiger partial charge in [-0.05, 0) is 41.5 Å². The van der Waals surface area contributed by atoms with E-state index in [0.29, 0.717) is 24.5 Å². The second-order valence-electron chi connectivity index (χ2n) is 9.87. The van der Waals surface area contributed by atoms with E-state index in [4.69, 9.17) is 9.47 Å². The van der Waals surface area contributed by atoms with Crippen molar-refractivity contribution in [2.45, 2.75) is 12.7 Å². The summed E-state index contributed by atoms with van der Waals surface area (Å²) in [7, 11) is -0.904. The molecule has 0 bridgehead atoms. The third-order valence-corrected chi connectivity index (χ3v) is 8.15. The van der Waals surface area contributed by atoms with Crippen molar-refractivity contribution in [1.29, 1.82) is 0 Å². The zero-order chi connectivity index (χ0) is 28.8. The summed E-state index contributed by atoms with van der Waals surface area (Å²) in [5.41, 5.74) is 3.85. The van der Waals surface area contributed by atoms with E-state index in [1.807, 2.05) is 54.6 Å². The van der Waals surface area contributed by atoms with Crippen molar-refractivity contribution in [2.24, 2.45) is 0 Å². The van der Waals surface area contributed by atoms with E-state index >= 15 is 0 Å². The van der Waals surface area contributed by atoms with Gasteiger partial charge in [0.05, 0.1) is 17.3 Å². The van der Waals surface area contributed by atoms with E-state index in [1.165, 1.54) is 19.5 Å². The van der Waals surface area contributed by atoms with Gasteiger partial charge in [-0.15, -0.1) is 12.4 Å².